The smallest absolute Gasteiger partial charge is 0.344 e. The van der Waals surface area contributed by atoms with Crippen molar-refractivity contribution in [2.45, 2.75) is 26.7 Å². The largest absolute Gasteiger partial charge is 0.482 e. The Labute approximate surface area is 148 Å². The molecule has 0 radical (unpaired) electrons. The highest BCUT2D eigenvalue weighted by Crippen LogP contribution is 2.12. The summed E-state index contributed by atoms with van der Waals surface area (Å²) >= 11 is 0. The molecule has 2 rings (SSSR count). The van der Waals surface area contributed by atoms with Crippen molar-refractivity contribution in [2.75, 3.05) is 18.5 Å². The van der Waals surface area contributed by atoms with Crippen LogP contribution in [0.3, 0.4) is 0 Å². The highest BCUT2D eigenvalue weighted by molar-refractivity contribution is 5.92. The monoisotopic (exact) mass is 341 g/mol. The summed E-state index contributed by atoms with van der Waals surface area (Å²) in [5.41, 5.74) is 3.05. The molecule has 0 saturated heterocycles. The minimum atomic E-state index is -0.587. The van der Waals surface area contributed by atoms with E-state index in [2.05, 4.69) is 19.2 Å². The zero-order valence-corrected chi connectivity index (χ0v) is 14.6. The van der Waals surface area contributed by atoms with E-state index in [1.165, 1.54) is 11.1 Å². The minimum absolute atomic E-state index is 0.232. The van der Waals surface area contributed by atoms with Crippen molar-refractivity contribution in [3.63, 3.8) is 0 Å². The summed E-state index contributed by atoms with van der Waals surface area (Å²) in [6.45, 7) is 3.56. The maximum Gasteiger partial charge on any atom is 0.344 e. The minimum Gasteiger partial charge on any atom is -0.482 e. The highest BCUT2D eigenvalue weighted by Gasteiger charge is 2.09. The Morgan fingerprint density at radius 1 is 0.840 bits per heavy atom. The number of aryl methyl sites for hydroxylation is 2. The third-order valence-electron chi connectivity index (χ3n) is 3.70. The Bertz CT molecular complexity index is 693. The molecule has 0 spiro atoms. The summed E-state index contributed by atoms with van der Waals surface area (Å²) in [5.74, 6) is -0.379. The van der Waals surface area contributed by atoms with Crippen LogP contribution in [-0.4, -0.2) is 25.1 Å². The summed E-state index contributed by atoms with van der Waals surface area (Å²) in [6.07, 6.45) is 1.88. The van der Waals surface area contributed by atoms with Gasteiger partial charge in [0.2, 0.25) is 0 Å². The fourth-order valence-corrected chi connectivity index (χ4v) is 2.17. The first-order valence-corrected chi connectivity index (χ1v) is 8.37. The van der Waals surface area contributed by atoms with Crippen molar-refractivity contribution in [1.82, 2.24) is 0 Å². The van der Waals surface area contributed by atoms with E-state index < -0.39 is 5.97 Å². The lowest BCUT2D eigenvalue weighted by atomic mass is 10.1. The molecule has 0 atom stereocenters. The number of nitrogens with one attached hydrogen (secondary N) is 1. The lowest BCUT2D eigenvalue weighted by Crippen LogP contribution is -2.23. The van der Waals surface area contributed by atoms with Gasteiger partial charge < -0.3 is 14.8 Å². The lowest BCUT2D eigenvalue weighted by molar-refractivity contribution is -0.149. The van der Waals surface area contributed by atoms with E-state index in [0.29, 0.717) is 11.4 Å². The van der Waals surface area contributed by atoms with Gasteiger partial charge in [-0.2, -0.15) is 0 Å². The molecule has 0 aliphatic heterocycles. The van der Waals surface area contributed by atoms with Gasteiger partial charge in [-0.05, 0) is 48.2 Å². The SMILES string of the molecule is CCc1ccc(NC(=O)COC(=O)COc2ccc(CC)cc2)cc1. The molecule has 132 valence electrons. The molecule has 0 unspecified atom stereocenters. The summed E-state index contributed by atoms with van der Waals surface area (Å²) in [6, 6.07) is 15.0. The Hall–Kier alpha value is -2.82. The van der Waals surface area contributed by atoms with Crippen molar-refractivity contribution in [3.8, 4) is 5.75 Å². The summed E-state index contributed by atoms with van der Waals surface area (Å²) in [7, 11) is 0. The van der Waals surface area contributed by atoms with Gasteiger partial charge in [-0.25, -0.2) is 4.79 Å². The van der Waals surface area contributed by atoms with E-state index in [-0.39, 0.29) is 19.1 Å². The second-order valence-corrected chi connectivity index (χ2v) is 5.55. The molecule has 25 heavy (non-hydrogen) atoms. The molecule has 5 heteroatoms. The summed E-state index contributed by atoms with van der Waals surface area (Å²) < 4.78 is 10.2. The molecular formula is C20H23NO4. The van der Waals surface area contributed by atoms with Crippen LogP contribution in [0.4, 0.5) is 5.69 Å². The molecule has 1 amide bonds. The lowest BCUT2D eigenvalue weighted by Gasteiger charge is -2.08. The number of hydrogen-bond acceptors (Lipinski definition) is 4. The fourth-order valence-electron chi connectivity index (χ4n) is 2.17. The Balaban J connectivity index is 1.70. The standard InChI is InChI=1S/C20H23NO4/c1-3-15-5-9-17(10-6-15)21-19(22)13-25-20(23)14-24-18-11-7-16(4-2)8-12-18/h5-12H,3-4,13-14H2,1-2H3,(H,21,22). The van der Waals surface area contributed by atoms with Gasteiger partial charge in [0.05, 0.1) is 0 Å². The molecular weight excluding hydrogens is 318 g/mol. The van der Waals surface area contributed by atoms with Gasteiger partial charge in [-0.1, -0.05) is 38.1 Å². The van der Waals surface area contributed by atoms with E-state index in [4.69, 9.17) is 9.47 Å². The molecule has 0 bridgehead atoms. The van der Waals surface area contributed by atoms with E-state index in [1.807, 2.05) is 36.4 Å². The highest BCUT2D eigenvalue weighted by atomic mass is 16.6. The zero-order chi connectivity index (χ0) is 18.1. The Morgan fingerprint density at radius 2 is 1.40 bits per heavy atom. The van der Waals surface area contributed by atoms with Crippen LogP contribution in [-0.2, 0) is 27.2 Å². The molecule has 0 aromatic heterocycles. The van der Waals surface area contributed by atoms with Crippen LogP contribution in [0.1, 0.15) is 25.0 Å². The van der Waals surface area contributed by atoms with Crippen molar-refractivity contribution < 1.29 is 19.1 Å². The first-order valence-electron chi connectivity index (χ1n) is 8.37. The molecule has 0 saturated carbocycles. The molecule has 0 aliphatic carbocycles. The third kappa shape index (κ3) is 6.30. The fraction of sp³-hybridized carbons (Fsp3) is 0.300. The average molecular weight is 341 g/mol. The molecule has 0 fully saturated rings. The number of hydrogen-bond donors (Lipinski definition) is 1. The summed E-state index contributed by atoms with van der Waals surface area (Å²) in [4.78, 5) is 23.4. The van der Waals surface area contributed by atoms with Crippen LogP contribution in [0.25, 0.3) is 0 Å². The van der Waals surface area contributed by atoms with Crippen molar-refractivity contribution in [1.29, 1.82) is 0 Å². The van der Waals surface area contributed by atoms with E-state index >= 15 is 0 Å². The predicted octanol–water partition coefficient (Wildman–Crippen LogP) is 3.37. The maximum atomic E-state index is 11.8. The molecule has 0 heterocycles. The third-order valence-corrected chi connectivity index (χ3v) is 3.70. The number of carbonyl (C=O) groups is 2. The van der Waals surface area contributed by atoms with Crippen molar-refractivity contribution in [3.05, 3.63) is 59.7 Å². The summed E-state index contributed by atoms with van der Waals surface area (Å²) in [5, 5.41) is 2.68. The van der Waals surface area contributed by atoms with Gasteiger partial charge in [0.1, 0.15) is 5.75 Å². The maximum absolute atomic E-state index is 11.8. The Morgan fingerprint density at radius 3 is 1.96 bits per heavy atom. The first kappa shape index (κ1) is 18.5. The Kier molecular flexibility index (Phi) is 7.01. The number of esters is 1. The van der Waals surface area contributed by atoms with Crippen LogP contribution >= 0.6 is 0 Å². The van der Waals surface area contributed by atoms with Gasteiger partial charge >= 0.3 is 5.97 Å². The van der Waals surface area contributed by atoms with Crippen LogP contribution < -0.4 is 10.1 Å². The second kappa shape index (κ2) is 9.47. The quantitative estimate of drug-likeness (QED) is 0.748. The van der Waals surface area contributed by atoms with Crippen LogP contribution in [0, 0.1) is 0 Å². The first-order chi connectivity index (χ1) is 12.1. The van der Waals surface area contributed by atoms with Crippen molar-refractivity contribution in [2.24, 2.45) is 0 Å². The number of amides is 1. The number of carbonyl (C=O) groups excluding carboxylic acids is 2. The normalized spacial score (nSPS) is 10.2. The molecule has 1 N–H and O–H groups in total. The van der Waals surface area contributed by atoms with Crippen LogP contribution in [0.2, 0.25) is 0 Å². The van der Waals surface area contributed by atoms with Gasteiger partial charge in [-0.15, -0.1) is 0 Å². The van der Waals surface area contributed by atoms with Gasteiger partial charge in [0, 0.05) is 5.69 Å². The van der Waals surface area contributed by atoms with E-state index in [0.717, 1.165) is 12.8 Å². The number of anilines is 1. The molecule has 5 nitrogen and oxygen atoms in total. The van der Waals surface area contributed by atoms with Crippen LogP contribution in [0.5, 0.6) is 5.75 Å². The average Bonchev–Trinajstić information content (AvgIpc) is 2.65. The molecule has 2 aromatic carbocycles. The van der Waals surface area contributed by atoms with Gasteiger partial charge in [-0.3, -0.25) is 4.79 Å². The number of rotatable bonds is 8. The van der Waals surface area contributed by atoms with Crippen LogP contribution in [0.15, 0.2) is 48.5 Å². The van der Waals surface area contributed by atoms with Crippen molar-refractivity contribution >= 4 is 17.6 Å². The topological polar surface area (TPSA) is 64.6 Å². The zero-order valence-electron chi connectivity index (χ0n) is 14.6. The van der Waals surface area contributed by atoms with Gasteiger partial charge in [0.15, 0.2) is 13.2 Å². The number of benzene rings is 2. The predicted molar refractivity (Wildman–Crippen MR) is 96.7 cm³/mol. The molecule has 2 aromatic rings. The second-order valence-electron chi connectivity index (χ2n) is 5.55. The van der Waals surface area contributed by atoms with E-state index in [9.17, 15) is 9.59 Å². The molecule has 0 aliphatic rings. The number of ether oxygens (including phenoxy) is 2. The van der Waals surface area contributed by atoms with Gasteiger partial charge in [0.25, 0.3) is 5.91 Å². The van der Waals surface area contributed by atoms with E-state index in [1.54, 1.807) is 12.1 Å².